The minimum atomic E-state index is -4.43. The van der Waals surface area contributed by atoms with Crippen molar-refractivity contribution in [1.29, 1.82) is 0 Å². The number of rotatable bonds is 4. The summed E-state index contributed by atoms with van der Waals surface area (Å²) in [5.41, 5.74) is 0.876. The smallest absolute Gasteiger partial charge is 0.388 e. The van der Waals surface area contributed by atoms with Crippen molar-refractivity contribution in [2.24, 2.45) is 5.92 Å². The van der Waals surface area contributed by atoms with Crippen molar-refractivity contribution in [2.45, 2.75) is 44.8 Å². The van der Waals surface area contributed by atoms with Crippen molar-refractivity contribution in [3.63, 3.8) is 0 Å². The average Bonchev–Trinajstić information content (AvgIpc) is 2.84. The van der Waals surface area contributed by atoms with Crippen LogP contribution in [0.5, 0.6) is 0 Å². The number of piperidine rings is 2. The van der Waals surface area contributed by atoms with Gasteiger partial charge in [0.05, 0.1) is 5.56 Å². The van der Waals surface area contributed by atoms with Crippen molar-refractivity contribution in [3.05, 3.63) is 58.6 Å². The zero-order valence-corrected chi connectivity index (χ0v) is 20.5. The van der Waals surface area contributed by atoms with Gasteiger partial charge in [-0.2, -0.15) is 13.2 Å². The predicted molar refractivity (Wildman–Crippen MR) is 133 cm³/mol. The maximum Gasteiger partial charge on any atom is 0.416 e. The van der Waals surface area contributed by atoms with Crippen LogP contribution in [0.1, 0.15) is 48.5 Å². The third-order valence-electron chi connectivity index (χ3n) is 6.68. The molecule has 0 amide bonds. The molecular formula is C26H33ClF3N3O. The van der Waals surface area contributed by atoms with E-state index in [-0.39, 0.29) is 5.56 Å². The molecule has 186 valence electrons. The molecule has 2 heterocycles. The van der Waals surface area contributed by atoms with Crippen LogP contribution in [-0.4, -0.2) is 50.5 Å². The van der Waals surface area contributed by atoms with Gasteiger partial charge in [-0.05, 0) is 81.1 Å². The highest BCUT2D eigenvalue weighted by atomic mass is 35.5. The molecule has 8 heteroatoms. The molecule has 2 aliphatic heterocycles. The van der Waals surface area contributed by atoms with Gasteiger partial charge in [-0.15, -0.1) is 0 Å². The fourth-order valence-corrected chi connectivity index (χ4v) is 4.77. The average molecular weight is 496 g/mol. The SMILES string of the molecule is CC1CCN(C2CCN(c3cc(C=O)cc(C(F)(F)F)c3)CC2)CC1.CNc1cccc(Cl)c1. The molecule has 0 atom stereocenters. The largest absolute Gasteiger partial charge is 0.416 e. The number of hydrogen-bond acceptors (Lipinski definition) is 4. The van der Waals surface area contributed by atoms with Gasteiger partial charge in [-0.3, -0.25) is 4.79 Å². The molecule has 2 aromatic carbocycles. The number of carbonyl (C=O) groups excluding carboxylic acids is 1. The van der Waals surface area contributed by atoms with E-state index in [1.807, 2.05) is 36.2 Å². The Bertz CT molecular complexity index is 937. The van der Waals surface area contributed by atoms with Gasteiger partial charge < -0.3 is 15.1 Å². The van der Waals surface area contributed by atoms with Crippen LogP contribution in [0.3, 0.4) is 0 Å². The van der Waals surface area contributed by atoms with E-state index in [4.69, 9.17) is 11.6 Å². The van der Waals surface area contributed by atoms with E-state index in [0.29, 0.717) is 18.0 Å². The molecule has 34 heavy (non-hydrogen) atoms. The number of benzene rings is 2. The Hall–Kier alpha value is -2.25. The Balaban J connectivity index is 0.000000302. The Labute approximate surface area is 205 Å². The molecule has 2 saturated heterocycles. The maximum atomic E-state index is 13.0. The lowest BCUT2D eigenvalue weighted by Crippen LogP contribution is -2.47. The number of halogens is 4. The molecule has 2 aromatic rings. The normalized spacial score (nSPS) is 18.2. The third-order valence-corrected chi connectivity index (χ3v) is 6.92. The van der Waals surface area contributed by atoms with Gasteiger partial charge in [0, 0.05) is 48.1 Å². The van der Waals surface area contributed by atoms with Crippen LogP contribution in [0.4, 0.5) is 24.5 Å². The number of anilines is 2. The van der Waals surface area contributed by atoms with Crippen LogP contribution in [0.15, 0.2) is 42.5 Å². The van der Waals surface area contributed by atoms with Crippen molar-refractivity contribution in [2.75, 3.05) is 43.4 Å². The first-order chi connectivity index (χ1) is 16.2. The van der Waals surface area contributed by atoms with Crippen molar-refractivity contribution in [1.82, 2.24) is 4.90 Å². The fourth-order valence-electron chi connectivity index (χ4n) is 4.58. The maximum absolute atomic E-state index is 13.0. The van der Waals surface area contributed by atoms with Gasteiger partial charge in [0.15, 0.2) is 0 Å². The summed E-state index contributed by atoms with van der Waals surface area (Å²) in [6.07, 6.45) is 0.437. The molecule has 0 bridgehead atoms. The molecular weight excluding hydrogens is 463 g/mol. The van der Waals surface area contributed by atoms with Crippen LogP contribution in [0.2, 0.25) is 5.02 Å². The van der Waals surface area contributed by atoms with Crippen molar-refractivity contribution in [3.8, 4) is 0 Å². The van der Waals surface area contributed by atoms with Gasteiger partial charge in [0.1, 0.15) is 6.29 Å². The highest BCUT2D eigenvalue weighted by Gasteiger charge is 2.32. The van der Waals surface area contributed by atoms with Gasteiger partial charge >= 0.3 is 6.18 Å². The monoisotopic (exact) mass is 495 g/mol. The standard InChI is InChI=1S/C19H25F3N2O.C7H8ClN/c1-14-2-6-23(7-3-14)17-4-8-24(9-5-17)18-11-15(13-25)10-16(12-18)19(20,21)22;1-9-7-4-2-3-6(8)5-7/h10-14,17H,2-9H2,1H3;2-5,9H,1H3. The lowest BCUT2D eigenvalue weighted by molar-refractivity contribution is -0.137. The molecule has 0 unspecified atom stereocenters. The van der Waals surface area contributed by atoms with E-state index in [2.05, 4.69) is 17.1 Å². The quantitative estimate of drug-likeness (QED) is 0.485. The summed E-state index contributed by atoms with van der Waals surface area (Å²) in [4.78, 5) is 15.5. The van der Waals surface area contributed by atoms with Crippen LogP contribution in [0.25, 0.3) is 0 Å². The number of nitrogens with one attached hydrogen (secondary N) is 1. The topological polar surface area (TPSA) is 35.6 Å². The Morgan fingerprint density at radius 2 is 1.68 bits per heavy atom. The molecule has 0 spiro atoms. The molecule has 0 radical (unpaired) electrons. The second-order valence-electron chi connectivity index (χ2n) is 9.13. The van der Waals surface area contributed by atoms with E-state index < -0.39 is 11.7 Å². The van der Waals surface area contributed by atoms with Crippen LogP contribution in [0, 0.1) is 5.92 Å². The Morgan fingerprint density at radius 1 is 1.00 bits per heavy atom. The van der Waals surface area contributed by atoms with Gasteiger partial charge in [-0.25, -0.2) is 0 Å². The van der Waals surface area contributed by atoms with Crippen molar-refractivity contribution < 1.29 is 18.0 Å². The van der Waals surface area contributed by atoms with Gasteiger partial charge in [-0.1, -0.05) is 24.6 Å². The number of carbonyl (C=O) groups is 1. The van der Waals surface area contributed by atoms with Crippen LogP contribution in [-0.2, 0) is 6.18 Å². The zero-order valence-electron chi connectivity index (χ0n) is 19.7. The van der Waals surface area contributed by atoms with Gasteiger partial charge in [0.25, 0.3) is 0 Å². The molecule has 2 aliphatic rings. The molecule has 0 saturated carbocycles. The van der Waals surface area contributed by atoms with Crippen LogP contribution >= 0.6 is 11.6 Å². The third kappa shape index (κ3) is 7.37. The van der Waals surface area contributed by atoms with E-state index in [9.17, 15) is 18.0 Å². The van der Waals surface area contributed by atoms with E-state index in [0.717, 1.165) is 67.8 Å². The summed E-state index contributed by atoms with van der Waals surface area (Å²) >= 11 is 5.68. The second-order valence-corrected chi connectivity index (χ2v) is 9.56. The minimum Gasteiger partial charge on any atom is -0.388 e. The number of aldehydes is 1. The Kier molecular flexibility index (Phi) is 9.25. The molecule has 4 rings (SSSR count). The summed E-state index contributed by atoms with van der Waals surface area (Å²) in [6.45, 7) is 6.01. The minimum absolute atomic E-state index is 0.0805. The number of hydrogen-bond donors (Lipinski definition) is 1. The highest BCUT2D eigenvalue weighted by Crippen LogP contribution is 2.34. The lowest BCUT2D eigenvalue weighted by atomic mass is 9.94. The summed E-state index contributed by atoms with van der Waals surface area (Å²) in [7, 11) is 1.87. The fraction of sp³-hybridized carbons (Fsp3) is 0.500. The summed E-state index contributed by atoms with van der Waals surface area (Å²) in [5, 5.41) is 3.75. The summed E-state index contributed by atoms with van der Waals surface area (Å²) in [5.74, 6) is 0.795. The van der Waals surface area contributed by atoms with E-state index in [1.54, 1.807) is 6.07 Å². The van der Waals surface area contributed by atoms with E-state index >= 15 is 0 Å². The predicted octanol–water partition coefficient (Wildman–Crippen LogP) is 6.60. The lowest BCUT2D eigenvalue weighted by Gasteiger charge is -2.42. The molecule has 2 fully saturated rings. The number of likely N-dealkylation sites (tertiary alicyclic amines) is 1. The zero-order chi connectivity index (χ0) is 24.7. The van der Waals surface area contributed by atoms with Gasteiger partial charge in [0.2, 0.25) is 0 Å². The molecule has 0 aromatic heterocycles. The first-order valence-electron chi connectivity index (χ1n) is 11.8. The number of nitrogens with zero attached hydrogens (tertiary/aromatic N) is 2. The Morgan fingerprint density at radius 3 is 2.21 bits per heavy atom. The summed E-state index contributed by atoms with van der Waals surface area (Å²) in [6, 6.07) is 11.8. The van der Waals surface area contributed by atoms with Crippen molar-refractivity contribution >= 4 is 29.3 Å². The first kappa shape index (κ1) is 26.4. The van der Waals surface area contributed by atoms with Crippen LogP contribution < -0.4 is 10.2 Å². The second kappa shape index (κ2) is 11.9. The molecule has 0 aliphatic carbocycles. The highest BCUT2D eigenvalue weighted by molar-refractivity contribution is 6.30. The van der Waals surface area contributed by atoms with E-state index in [1.165, 1.54) is 12.8 Å². The molecule has 1 N–H and O–H groups in total. The summed E-state index contributed by atoms with van der Waals surface area (Å²) < 4.78 is 39.1. The first-order valence-corrected chi connectivity index (χ1v) is 12.2. The number of alkyl halides is 3. The molecule has 4 nitrogen and oxygen atoms in total.